The molecule has 30 heavy (non-hydrogen) atoms. The number of cyclic esters (lactones) is 1. The lowest BCUT2D eigenvalue weighted by Crippen LogP contribution is -2.32. The first-order valence-electron chi connectivity index (χ1n) is 9.86. The lowest BCUT2D eigenvalue weighted by atomic mass is 9.83. The van der Waals surface area contributed by atoms with Gasteiger partial charge in [-0.2, -0.15) is 0 Å². The summed E-state index contributed by atoms with van der Waals surface area (Å²) in [5.74, 6) is -0.0448. The molecule has 0 amide bonds. The first kappa shape index (κ1) is 18.1. The van der Waals surface area contributed by atoms with Gasteiger partial charge < -0.3 is 4.74 Å². The first-order chi connectivity index (χ1) is 14.8. The predicted octanol–water partition coefficient (Wildman–Crippen LogP) is 5.60. The van der Waals surface area contributed by atoms with Gasteiger partial charge in [-0.25, -0.2) is 9.79 Å². The lowest BCUT2D eigenvalue weighted by molar-refractivity contribution is -0.137. The van der Waals surface area contributed by atoms with Gasteiger partial charge in [-0.1, -0.05) is 103 Å². The molecule has 0 fully saturated rings. The summed E-state index contributed by atoms with van der Waals surface area (Å²) in [5.41, 5.74) is 3.34. The molecule has 4 aromatic rings. The second-order valence-corrected chi connectivity index (χ2v) is 7.19. The van der Waals surface area contributed by atoms with E-state index >= 15 is 0 Å². The van der Waals surface area contributed by atoms with Gasteiger partial charge in [0.1, 0.15) is 0 Å². The van der Waals surface area contributed by atoms with Crippen molar-refractivity contribution in [3.63, 3.8) is 0 Å². The molecule has 3 heteroatoms. The van der Waals surface area contributed by atoms with Crippen LogP contribution in [-0.4, -0.2) is 11.9 Å². The largest absolute Gasteiger partial charge is 0.405 e. The number of carbonyl (C=O) groups excluding carboxylic acids is 1. The van der Waals surface area contributed by atoms with Gasteiger partial charge in [-0.15, -0.1) is 0 Å². The van der Waals surface area contributed by atoms with E-state index < -0.39 is 5.54 Å². The molecule has 0 saturated carbocycles. The third kappa shape index (κ3) is 3.01. The Hall–Kier alpha value is -3.98. The number of ether oxygens (including phenoxy) is 1. The van der Waals surface area contributed by atoms with Crippen LogP contribution in [0.1, 0.15) is 16.7 Å². The Morgan fingerprint density at radius 3 is 1.60 bits per heavy atom. The number of hydrogen-bond donors (Lipinski definition) is 0. The average Bonchev–Trinajstić information content (AvgIpc) is 3.19. The quantitative estimate of drug-likeness (QED) is 0.426. The van der Waals surface area contributed by atoms with Crippen LogP contribution in [0.25, 0.3) is 11.1 Å². The van der Waals surface area contributed by atoms with Crippen LogP contribution < -0.4 is 0 Å². The van der Waals surface area contributed by atoms with E-state index in [1.165, 1.54) is 0 Å². The maximum absolute atomic E-state index is 13.3. The van der Waals surface area contributed by atoms with Crippen molar-refractivity contribution < 1.29 is 9.53 Å². The number of hydrogen-bond acceptors (Lipinski definition) is 3. The SMILES string of the molecule is O=C1OC(c2ccccc2)=N[C@]1(c1ccccc1)c1ccc(-c2ccccc2)cc1. The van der Waals surface area contributed by atoms with Crippen LogP contribution in [0.4, 0.5) is 0 Å². The fourth-order valence-corrected chi connectivity index (χ4v) is 3.83. The molecule has 0 aromatic heterocycles. The van der Waals surface area contributed by atoms with Crippen molar-refractivity contribution in [1.82, 2.24) is 0 Å². The second-order valence-electron chi connectivity index (χ2n) is 7.19. The van der Waals surface area contributed by atoms with Crippen molar-refractivity contribution in [2.45, 2.75) is 5.54 Å². The molecule has 1 atom stereocenters. The Labute approximate surface area is 175 Å². The Bertz CT molecular complexity index is 1200. The minimum absolute atomic E-state index is 0.344. The molecule has 1 aliphatic rings. The Morgan fingerprint density at radius 1 is 0.533 bits per heavy atom. The number of esters is 1. The lowest BCUT2D eigenvalue weighted by Gasteiger charge is -2.23. The van der Waals surface area contributed by atoms with Crippen molar-refractivity contribution in [1.29, 1.82) is 0 Å². The second kappa shape index (κ2) is 7.45. The van der Waals surface area contributed by atoms with Crippen molar-refractivity contribution in [3.8, 4) is 11.1 Å². The molecule has 5 rings (SSSR count). The van der Waals surface area contributed by atoms with Gasteiger partial charge in [0, 0.05) is 5.56 Å². The molecular formula is C27H19NO2. The minimum atomic E-state index is -1.22. The molecule has 144 valence electrons. The molecule has 0 radical (unpaired) electrons. The van der Waals surface area contributed by atoms with Gasteiger partial charge >= 0.3 is 5.97 Å². The van der Waals surface area contributed by atoms with Crippen LogP contribution in [0, 0.1) is 0 Å². The molecule has 1 aliphatic heterocycles. The molecule has 0 saturated heterocycles. The fraction of sp³-hybridized carbons (Fsp3) is 0.0370. The molecule has 4 aromatic carbocycles. The highest BCUT2D eigenvalue weighted by Crippen LogP contribution is 2.40. The first-order valence-corrected chi connectivity index (χ1v) is 9.86. The summed E-state index contributed by atoms with van der Waals surface area (Å²) < 4.78 is 5.70. The molecule has 0 aliphatic carbocycles. The summed E-state index contributed by atoms with van der Waals surface area (Å²) in [6.45, 7) is 0. The van der Waals surface area contributed by atoms with Crippen LogP contribution in [0.2, 0.25) is 0 Å². The van der Waals surface area contributed by atoms with Crippen LogP contribution in [-0.2, 0) is 15.1 Å². The summed E-state index contributed by atoms with van der Waals surface area (Å²) in [4.78, 5) is 18.2. The van der Waals surface area contributed by atoms with Crippen molar-refractivity contribution >= 4 is 11.9 Å². The van der Waals surface area contributed by atoms with E-state index in [9.17, 15) is 4.79 Å². The fourth-order valence-electron chi connectivity index (χ4n) is 3.83. The van der Waals surface area contributed by atoms with E-state index in [0.29, 0.717) is 5.90 Å². The normalized spacial score (nSPS) is 18.0. The Balaban J connectivity index is 1.65. The Morgan fingerprint density at radius 2 is 1.00 bits per heavy atom. The molecule has 0 N–H and O–H groups in total. The van der Waals surface area contributed by atoms with Crippen LogP contribution in [0.5, 0.6) is 0 Å². The zero-order valence-corrected chi connectivity index (χ0v) is 16.2. The van der Waals surface area contributed by atoms with Crippen molar-refractivity contribution in [2.75, 3.05) is 0 Å². The zero-order valence-electron chi connectivity index (χ0n) is 16.2. The zero-order chi connectivity index (χ0) is 20.4. The molecule has 0 bridgehead atoms. The standard InChI is InChI=1S/C27H19NO2/c29-26-27(23-14-8-3-9-15-23,28-25(30-26)22-12-6-2-7-13-22)24-18-16-21(17-19-24)20-10-4-1-5-11-20/h1-19H/t27-/m1/s1. The third-order valence-corrected chi connectivity index (χ3v) is 5.38. The van der Waals surface area contributed by atoms with E-state index in [4.69, 9.17) is 9.73 Å². The topological polar surface area (TPSA) is 38.7 Å². The van der Waals surface area contributed by atoms with E-state index in [-0.39, 0.29) is 5.97 Å². The van der Waals surface area contributed by atoms with Crippen molar-refractivity contribution in [2.24, 2.45) is 4.99 Å². The summed E-state index contributed by atoms with van der Waals surface area (Å²) in [5, 5.41) is 0. The third-order valence-electron chi connectivity index (χ3n) is 5.38. The average molecular weight is 389 g/mol. The van der Waals surface area contributed by atoms with Gasteiger partial charge in [0.05, 0.1) is 0 Å². The van der Waals surface area contributed by atoms with Gasteiger partial charge in [-0.05, 0) is 34.4 Å². The van der Waals surface area contributed by atoms with Gasteiger partial charge in [-0.3, -0.25) is 0 Å². The Kier molecular flexibility index (Phi) is 4.49. The number of benzene rings is 4. The monoisotopic (exact) mass is 389 g/mol. The van der Waals surface area contributed by atoms with Gasteiger partial charge in [0.2, 0.25) is 11.4 Å². The highest BCUT2D eigenvalue weighted by atomic mass is 16.6. The number of aliphatic imine (C=N–C) groups is 1. The molecular weight excluding hydrogens is 370 g/mol. The van der Waals surface area contributed by atoms with Crippen molar-refractivity contribution in [3.05, 3.63) is 132 Å². The smallest absolute Gasteiger partial charge is 0.350 e. The van der Waals surface area contributed by atoms with Crippen LogP contribution in [0.3, 0.4) is 0 Å². The summed E-state index contributed by atoms with van der Waals surface area (Å²) in [6, 6.07) is 37.3. The van der Waals surface area contributed by atoms with Gasteiger partial charge in [0.15, 0.2) is 0 Å². The predicted molar refractivity (Wildman–Crippen MR) is 118 cm³/mol. The van der Waals surface area contributed by atoms with Crippen LogP contribution in [0.15, 0.2) is 120 Å². The number of nitrogens with zero attached hydrogens (tertiary/aromatic N) is 1. The molecule has 3 nitrogen and oxygen atoms in total. The van der Waals surface area contributed by atoms with E-state index in [0.717, 1.165) is 27.8 Å². The summed E-state index contributed by atoms with van der Waals surface area (Å²) in [6.07, 6.45) is 0. The highest BCUT2D eigenvalue weighted by molar-refractivity contribution is 6.09. The minimum Gasteiger partial charge on any atom is -0.405 e. The molecule has 0 unspecified atom stereocenters. The number of rotatable bonds is 4. The molecule has 1 heterocycles. The maximum Gasteiger partial charge on any atom is 0.350 e. The van der Waals surface area contributed by atoms with Gasteiger partial charge in [0.25, 0.3) is 0 Å². The number of carbonyl (C=O) groups is 1. The van der Waals surface area contributed by atoms with E-state index in [1.807, 2.05) is 103 Å². The van der Waals surface area contributed by atoms with Crippen LogP contribution >= 0.6 is 0 Å². The van der Waals surface area contributed by atoms with E-state index in [1.54, 1.807) is 0 Å². The van der Waals surface area contributed by atoms with E-state index in [2.05, 4.69) is 12.1 Å². The highest BCUT2D eigenvalue weighted by Gasteiger charge is 2.49. The maximum atomic E-state index is 13.3. The molecule has 0 spiro atoms. The summed E-state index contributed by atoms with van der Waals surface area (Å²) in [7, 11) is 0. The summed E-state index contributed by atoms with van der Waals surface area (Å²) >= 11 is 0.